The van der Waals surface area contributed by atoms with Gasteiger partial charge in [0.2, 0.25) is 6.79 Å². The van der Waals surface area contributed by atoms with E-state index in [0.717, 1.165) is 19.3 Å². The minimum atomic E-state index is -0.707. The van der Waals surface area contributed by atoms with Crippen LogP contribution >= 0.6 is 0 Å². The van der Waals surface area contributed by atoms with Crippen LogP contribution in [0.3, 0.4) is 0 Å². The molecule has 0 aliphatic carbocycles. The molecule has 0 aliphatic rings. The fourth-order valence-corrected chi connectivity index (χ4v) is 2.94. The van der Waals surface area contributed by atoms with Gasteiger partial charge in [-0.05, 0) is 25.7 Å². The van der Waals surface area contributed by atoms with Gasteiger partial charge < -0.3 is 23.7 Å². The normalized spacial score (nSPS) is 10.3. The molecule has 202 valence electrons. The highest BCUT2D eigenvalue weighted by molar-refractivity contribution is 5.78. The Morgan fingerprint density at radius 3 is 1.31 bits per heavy atom. The Balaban J connectivity index is 3.60. The monoisotopic (exact) mass is 502 g/mol. The number of methoxy groups -OCH3 is 1. The molecule has 0 rings (SSSR count). The summed E-state index contributed by atoms with van der Waals surface area (Å²) in [6.07, 6.45) is 9.52. The van der Waals surface area contributed by atoms with Gasteiger partial charge in [0.05, 0.1) is 46.0 Å². The van der Waals surface area contributed by atoms with Crippen LogP contribution in [0, 0.1) is 0 Å². The first-order chi connectivity index (χ1) is 16.9. The highest BCUT2D eigenvalue weighted by atomic mass is 16.7. The molecule has 0 aromatic heterocycles. The van der Waals surface area contributed by atoms with E-state index in [1.165, 1.54) is 32.8 Å². The number of ether oxygens (including phenoxy) is 5. The number of rotatable bonds is 22. The molecule has 10 heteroatoms. The summed E-state index contributed by atoms with van der Waals surface area (Å²) < 4.78 is 24.1. The van der Waals surface area contributed by atoms with Crippen LogP contribution < -0.4 is 0 Å². The smallest absolute Gasteiger partial charge is 0.309 e. The molecule has 0 aromatic rings. The molecule has 0 radical (unpaired) electrons. The van der Waals surface area contributed by atoms with Gasteiger partial charge in [-0.15, -0.1) is 0 Å². The molecule has 0 atom stereocenters. The molecular weight excluding hydrogens is 460 g/mol. The third-order valence-electron chi connectivity index (χ3n) is 5.03. The number of unbranched alkanes of at least 4 members (excludes halogenated alkanes) is 8. The molecule has 0 fully saturated rings. The van der Waals surface area contributed by atoms with Crippen molar-refractivity contribution < 1.29 is 47.7 Å². The van der Waals surface area contributed by atoms with Crippen LogP contribution in [0.25, 0.3) is 0 Å². The molecule has 0 N–H and O–H groups in total. The maximum absolute atomic E-state index is 11.6. The van der Waals surface area contributed by atoms with Gasteiger partial charge >= 0.3 is 29.8 Å². The van der Waals surface area contributed by atoms with Crippen molar-refractivity contribution in [2.24, 2.45) is 0 Å². The summed E-state index contributed by atoms with van der Waals surface area (Å²) in [6.45, 7) is 2.14. The van der Waals surface area contributed by atoms with Crippen LogP contribution in [-0.2, 0) is 47.7 Å². The zero-order valence-corrected chi connectivity index (χ0v) is 21.3. The largest absolute Gasteiger partial charge is 0.469 e. The molecule has 0 spiro atoms. The second-order valence-corrected chi connectivity index (χ2v) is 8.10. The highest BCUT2D eigenvalue weighted by Crippen LogP contribution is 2.07. The summed E-state index contributed by atoms with van der Waals surface area (Å²) >= 11 is 0. The lowest BCUT2D eigenvalue weighted by molar-refractivity contribution is -0.169. The number of esters is 5. The molecule has 35 heavy (non-hydrogen) atoms. The van der Waals surface area contributed by atoms with E-state index < -0.39 is 30.7 Å². The molecule has 0 saturated carbocycles. The van der Waals surface area contributed by atoms with Gasteiger partial charge in [0, 0.05) is 6.42 Å². The molecule has 0 aliphatic heterocycles. The first-order valence-corrected chi connectivity index (χ1v) is 12.6. The predicted octanol–water partition coefficient (Wildman–Crippen LogP) is 4.16. The first kappa shape index (κ1) is 32.4. The Bertz CT molecular complexity index is 617. The summed E-state index contributed by atoms with van der Waals surface area (Å²) in [5.41, 5.74) is 0. The van der Waals surface area contributed by atoms with Crippen molar-refractivity contribution in [3.63, 3.8) is 0 Å². The quantitative estimate of drug-likeness (QED) is 0.0920. The average Bonchev–Trinajstić information content (AvgIpc) is 2.84. The summed E-state index contributed by atoms with van der Waals surface area (Å²) in [6, 6.07) is 0. The van der Waals surface area contributed by atoms with Crippen molar-refractivity contribution in [1.82, 2.24) is 0 Å². The van der Waals surface area contributed by atoms with E-state index in [2.05, 4.69) is 11.7 Å². The summed E-state index contributed by atoms with van der Waals surface area (Å²) in [5, 5.41) is 0. The van der Waals surface area contributed by atoms with Gasteiger partial charge in [-0.3, -0.25) is 24.0 Å². The number of carbonyl (C=O) groups excluding carboxylic acids is 5. The molecule has 0 amide bonds. The maximum atomic E-state index is 11.6. The van der Waals surface area contributed by atoms with E-state index in [1.54, 1.807) is 0 Å². The lowest BCUT2D eigenvalue weighted by atomic mass is 10.1. The van der Waals surface area contributed by atoms with Crippen molar-refractivity contribution in [3.05, 3.63) is 0 Å². The maximum Gasteiger partial charge on any atom is 0.309 e. The zero-order chi connectivity index (χ0) is 26.2. The van der Waals surface area contributed by atoms with Crippen LogP contribution in [-0.4, -0.2) is 57.0 Å². The average molecular weight is 503 g/mol. The Morgan fingerprint density at radius 2 is 0.857 bits per heavy atom. The van der Waals surface area contributed by atoms with Gasteiger partial charge in [-0.1, -0.05) is 45.4 Å². The van der Waals surface area contributed by atoms with E-state index in [9.17, 15) is 24.0 Å². The van der Waals surface area contributed by atoms with Gasteiger partial charge in [0.15, 0.2) is 0 Å². The van der Waals surface area contributed by atoms with Crippen molar-refractivity contribution in [2.75, 3.05) is 27.1 Å². The minimum absolute atomic E-state index is 0.0994. The Kier molecular flexibility index (Phi) is 21.4. The standard InChI is InChI=1S/C25H42O10/c1-3-4-5-6-7-8-11-18-32-22(27)14-16-24(29)34-20-35-25(30)17-15-23(28)33-19-12-9-10-13-21(26)31-2/h3-20H2,1-2H3. The van der Waals surface area contributed by atoms with Crippen molar-refractivity contribution >= 4 is 29.8 Å². The van der Waals surface area contributed by atoms with Crippen LogP contribution in [0.4, 0.5) is 0 Å². The highest BCUT2D eigenvalue weighted by Gasteiger charge is 2.12. The summed E-state index contributed by atoms with van der Waals surface area (Å²) in [5.74, 6) is -2.67. The molecule has 0 aromatic carbocycles. The molecule has 0 saturated heterocycles. The fraction of sp³-hybridized carbons (Fsp3) is 0.800. The second kappa shape index (κ2) is 23.1. The van der Waals surface area contributed by atoms with Crippen LogP contribution in [0.5, 0.6) is 0 Å². The van der Waals surface area contributed by atoms with Gasteiger partial charge in [-0.25, -0.2) is 0 Å². The van der Waals surface area contributed by atoms with Crippen LogP contribution in [0.15, 0.2) is 0 Å². The Hall–Kier alpha value is -2.65. The van der Waals surface area contributed by atoms with E-state index in [0.29, 0.717) is 32.3 Å². The molecule has 0 bridgehead atoms. The van der Waals surface area contributed by atoms with Gasteiger partial charge in [-0.2, -0.15) is 0 Å². The molecular formula is C25H42O10. The van der Waals surface area contributed by atoms with E-state index in [-0.39, 0.29) is 38.3 Å². The van der Waals surface area contributed by atoms with Crippen LogP contribution in [0.1, 0.15) is 103 Å². The number of hydrogen-bond acceptors (Lipinski definition) is 10. The second-order valence-electron chi connectivity index (χ2n) is 8.10. The zero-order valence-electron chi connectivity index (χ0n) is 21.3. The summed E-state index contributed by atoms with van der Waals surface area (Å²) in [7, 11) is 1.33. The van der Waals surface area contributed by atoms with Gasteiger partial charge in [0.25, 0.3) is 0 Å². The Labute approximate surface area is 208 Å². The van der Waals surface area contributed by atoms with E-state index in [4.69, 9.17) is 18.9 Å². The lowest BCUT2D eigenvalue weighted by Crippen LogP contribution is -2.16. The van der Waals surface area contributed by atoms with Crippen LogP contribution in [0.2, 0.25) is 0 Å². The SMILES string of the molecule is CCCCCCCCCOC(=O)CCC(=O)OCOC(=O)CCC(=O)OCCCCCC(=O)OC. The van der Waals surface area contributed by atoms with Crippen molar-refractivity contribution in [1.29, 1.82) is 0 Å². The first-order valence-electron chi connectivity index (χ1n) is 12.6. The lowest BCUT2D eigenvalue weighted by Gasteiger charge is -2.07. The van der Waals surface area contributed by atoms with E-state index >= 15 is 0 Å². The molecule has 0 unspecified atom stereocenters. The van der Waals surface area contributed by atoms with Crippen molar-refractivity contribution in [3.8, 4) is 0 Å². The number of hydrogen-bond donors (Lipinski definition) is 0. The topological polar surface area (TPSA) is 132 Å². The molecule has 10 nitrogen and oxygen atoms in total. The Morgan fingerprint density at radius 1 is 0.457 bits per heavy atom. The fourth-order valence-electron chi connectivity index (χ4n) is 2.94. The number of carbonyl (C=O) groups is 5. The predicted molar refractivity (Wildman–Crippen MR) is 126 cm³/mol. The summed E-state index contributed by atoms with van der Waals surface area (Å²) in [4.78, 5) is 57.4. The third-order valence-corrected chi connectivity index (χ3v) is 5.03. The van der Waals surface area contributed by atoms with Gasteiger partial charge in [0.1, 0.15) is 0 Å². The third kappa shape index (κ3) is 22.9. The minimum Gasteiger partial charge on any atom is -0.469 e. The van der Waals surface area contributed by atoms with E-state index in [1.807, 2.05) is 0 Å². The van der Waals surface area contributed by atoms with Crippen molar-refractivity contribution in [2.45, 2.75) is 103 Å². The molecule has 0 heterocycles.